The molecule has 1 fully saturated rings. The maximum atomic E-state index is 15.9. The summed E-state index contributed by atoms with van der Waals surface area (Å²) < 4.78 is 90.3. The Bertz CT molecular complexity index is 1300. The number of ether oxygens (including phenoxy) is 6. The zero-order valence-electron chi connectivity index (χ0n) is 24.3. The summed E-state index contributed by atoms with van der Waals surface area (Å²) >= 11 is 0. The smallest absolute Gasteiger partial charge is 0.476 e. The fourth-order valence-corrected chi connectivity index (χ4v) is 4.67. The molecule has 3 rings (SSSR count). The number of phosphoric acid groups is 1. The maximum Gasteiger partial charge on any atom is 0.510 e. The summed E-state index contributed by atoms with van der Waals surface area (Å²) in [5.74, 6) is -3.09. The largest absolute Gasteiger partial charge is 0.510 e. The van der Waals surface area contributed by atoms with Gasteiger partial charge in [-0.2, -0.15) is 9.97 Å². The molecule has 3 heterocycles. The summed E-state index contributed by atoms with van der Waals surface area (Å²) in [6.45, 7) is 5.91. The second-order valence-electron chi connectivity index (χ2n) is 9.79. The van der Waals surface area contributed by atoms with Crippen LogP contribution in [-0.2, 0) is 41.8 Å². The number of anilines is 1. The summed E-state index contributed by atoms with van der Waals surface area (Å²) in [5, 5.41) is 0. The summed E-state index contributed by atoms with van der Waals surface area (Å²) in [7, 11) is -4.86. The van der Waals surface area contributed by atoms with Gasteiger partial charge in [-0.25, -0.2) is 37.0 Å². The van der Waals surface area contributed by atoms with Gasteiger partial charge < -0.3 is 34.2 Å². The number of fused-ring (bicyclic) bond motifs is 1. The van der Waals surface area contributed by atoms with Gasteiger partial charge in [-0.05, 0) is 41.5 Å². The average Bonchev–Trinajstić information content (AvgIpc) is 3.39. The molecule has 17 nitrogen and oxygen atoms in total. The van der Waals surface area contributed by atoms with Crippen molar-refractivity contribution < 1.29 is 64.9 Å². The SMILES string of the molecule is CCOc1nc(N)nc2c1ncn2[C@@H]1O[C@](F)(COP(=O)(OCOC(=O)OC(C)C)OCOC(=O)OC(C)C)C[C@@]1(C)F. The zero-order valence-corrected chi connectivity index (χ0v) is 25.2. The van der Waals surface area contributed by atoms with E-state index >= 15 is 8.78 Å². The van der Waals surface area contributed by atoms with Crippen LogP contribution in [0.3, 0.4) is 0 Å². The normalized spacial score (nSPS) is 22.2. The highest BCUT2D eigenvalue weighted by atomic mass is 31.2. The van der Waals surface area contributed by atoms with Crippen LogP contribution in [-0.4, -0.2) is 82.4 Å². The molecule has 0 radical (unpaired) electrons. The summed E-state index contributed by atoms with van der Waals surface area (Å²) in [5.41, 5.74) is 3.49. The zero-order chi connectivity index (χ0) is 32.0. The Morgan fingerprint density at radius 1 is 1.09 bits per heavy atom. The second kappa shape index (κ2) is 13.9. The number of rotatable bonds is 14. The minimum Gasteiger partial charge on any atom is -0.476 e. The van der Waals surface area contributed by atoms with Gasteiger partial charge in [-0.15, -0.1) is 0 Å². The van der Waals surface area contributed by atoms with Crippen molar-refractivity contribution in [1.82, 2.24) is 19.5 Å². The van der Waals surface area contributed by atoms with Gasteiger partial charge in [0.25, 0.3) is 0 Å². The molecule has 43 heavy (non-hydrogen) atoms. The van der Waals surface area contributed by atoms with E-state index in [1.165, 1.54) is 0 Å². The quantitative estimate of drug-likeness (QED) is 0.173. The number of aromatic nitrogens is 4. The molecule has 0 spiro atoms. The third-order valence-corrected chi connectivity index (χ3v) is 6.55. The fourth-order valence-electron chi connectivity index (χ4n) is 3.73. The predicted octanol–water partition coefficient (Wildman–Crippen LogP) is 4.32. The van der Waals surface area contributed by atoms with Crippen LogP contribution < -0.4 is 10.5 Å². The van der Waals surface area contributed by atoms with Gasteiger partial charge in [0.05, 0.1) is 25.1 Å². The van der Waals surface area contributed by atoms with E-state index in [9.17, 15) is 14.2 Å². The van der Waals surface area contributed by atoms with E-state index in [-0.39, 0.29) is 29.6 Å². The van der Waals surface area contributed by atoms with Gasteiger partial charge in [0.2, 0.25) is 31.3 Å². The van der Waals surface area contributed by atoms with Crippen LogP contribution in [0.5, 0.6) is 5.88 Å². The third kappa shape index (κ3) is 9.30. The van der Waals surface area contributed by atoms with E-state index in [1.54, 1.807) is 34.6 Å². The Morgan fingerprint density at radius 3 is 2.21 bits per heavy atom. The van der Waals surface area contributed by atoms with Crippen molar-refractivity contribution in [3.05, 3.63) is 6.33 Å². The van der Waals surface area contributed by atoms with Crippen LogP contribution in [0.25, 0.3) is 11.2 Å². The first kappa shape index (κ1) is 34.1. The molecule has 0 bridgehead atoms. The van der Waals surface area contributed by atoms with E-state index in [2.05, 4.69) is 24.4 Å². The van der Waals surface area contributed by atoms with E-state index in [1.807, 2.05) is 0 Å². The molecule has 1 aliphatic heterocycles. The van der Waals surface area contributed by atoms with Gasteiger partial charge in [-0.1, -0.05) is 0 Å². The number of hydrogen-bond acceptors (Lipinski definition) is 16. The molecule has 2 aromatic heterocycles. The van der Waals surface area contributed by atoms with Crippen LogP contribution in [0, 0.1) is 0 Å². The molecule has 20 heteroatoms. The summed E-state index contributed by atoms with van der Waals surface area (Å²) in [6, 6.07) is 0. The lowest BCUT2D eigenvalue weighted by Gasteiger charge is -2.24. The van der Waals surface area contributed by atoms with Gasteiger partial charge in [0.15, 0.2) is 23.1 Å². The molecule has 2 aromatic rings. The van der Waals surface area contributed by atoms with Gasteiger partial charge in [-0.3, -0.25) is 9.09 Å². The highest BCUT2D eigenvalue weighted by Crippen LogP contribution is 2.54. The van der Waals surface area contributed by atoms with Crippen LogP contribution in [0.4, 0.5) is 24.3 Å². The first-order chi connectivity index (χ1) is 20.1. The summed E-state index contributed by atoms with van der Waals surface area (Å²) in [4.78, 5) is 35.4. The molecular weight excluding hydrogens is 607 g/mol. The molecule has 0 unspecified atom stereocenters. The monoisotopic (exact) mass is 641 g/mol. The number of phosphoric ester groups is 1. The van der Waals surface area contributed by atoms with Crippen molar-refractivity contribution in [3.63, 3.8) is 0 Å². The molecule has 0 amide bonds. The third-order valence-electron chi connectivity index (χ3n) is 5.27. The van der Waals surface area contributed by atoms with Crippen LogP contribution in [0.1, 0.15) is 54.2 Å². The van der Waals surface area contributed by atoms with Crippen molar-refractivity contribution in [2.24, 2.45) is 0 Å². The number of imidazole rings is 1. The molecule has 0 aliphatic carbocycles. The van der Waals surface area contributed by atoms with E-state index in [4.69, 9.17) is 38.3 Å². The van der Waals surface area contributed by atoms with Crippen molar-refractivity contribution in [1.29, 1.82) is 0 Å². The Balaban J connectivity index is 1.75. The number of nitrogens with zero attached hydrogens (tertiary/aromatic N) is 4. The topological polar surface area (TPSA) is 204 Å². The number of halogens is 2. The van der Waals surface area contributed by atoms with Gasteiger partial charge in [0.1, 0.15) is 6.61 Å². The first-order valence-corrected chi connectivity index (χ1v) is 14.4. The Morgan fingerprint density at radius 2 is 1.67 bits per heavy atom. The molecule has 1 saturated heterocycles. The van der Waals surface area contributed by atoms with Crippen LogP contribution in [0.2, 0.25) is 0 Å². The standard InChI is InChI=1S/C23H34F2N5O12P/c1-7-34-17-15-16(28-19(26)29-17)30(10-27-15)18-22(6,24)8-23(25,42-18)9-37-43(33,38-11-35-20(31)40-13(2)3)39-12-36-21(32)41-14(4)5/h10,13-14,18H,7-9,11-12H2,1-6H3,(H2,26,28,29)/t18-,22-,23+/m1/s1. The highest BCUT2D eigenvalue weighted by molar-refractivity contribution is 7.48. The average molecular weight is 642 g/mol. The Hall–Kier alpha value is -3.38. The van der Waals surface area contributed by atoms with Crippen LogP contribution >= 0.6 is 7.82 Å². The predicted molar refractivity (Wildman–Crippen MR) is 140 cm³/mol. The van der Waals surface area contributed by atoms with Gasteiger partial charge >= 0.3 is 20.1 Å². The Labute approximate surface area is 244 Å². The van der Waals surface area contributed by atoms with Crippen molar-refractivity contribution >= 4 is 37.2 Å². The highest BCUT2D eigenvalue weighted by Gasteiger charge is 2.57. The van der Waals surface area contributed by atoms with Crippen molar-refractivity contribution in [2.45, 2.75) is 77.9 Å². The minimum atomic E-state index is -4.86. The van der Waals surface area contributed by atoms with Crippen molar-refractivity contribution in [2.75, 3.05) is 32.5 Å². The molecule has 1 aliphatic rings. The van der Waals surface area contributed by atoms with Crippen molar-refractivity contribution in [3.8, 4) is 5.88 Å². The molecule has 242 valence electrons. The molecule has 0 aromatic carbocycles. The maximum absolute atomic E-state index is 15.9. The number of hydrogen-bond donors (Lipinski definition) is 1. The van der Waals surface area contributed by atoms with Gasteiger partial charge in [0, 0.05) is 6.42 Å². The molecular formula is C23H34F2N5O12P. The lowest BCUT2D eigenvalue weighted by molar-refractivity contribution is -0.180. The van der Waals surface area contributed by atoms with E-state index in [0.717, 1.165) is 17.8 Å². The Kier molecular flexibility index (Phi) is 11.1. The number of nitrogens with two attached hydrogens (primary N) is 1. The molecule has 3 atom stereocenters. The van der Waals surface area contributed by atoms with E-state index in [0.29, 0.717) is 0 Å². The van der Waals surface area contributed by atoms with E-state index < -0.39 is 76.7 Å². The second-order valence-corrected chi connectivity index (χ2v) is 11.5. The van der Waals surface area contributed by atoms with Crippen LogP contribution in [0.15, 0.2) is 6.33 Å². The summed E-state index contributed by atoms with van der Waals surface area (Å²) in [6.07, 6.45) is -4.87. The first-order valence-electron chi connectivity index (χ1n) is 13.0. The minimum absolute atomic E-state index is 0.00296. The lowest BCUT2D eigenvalue weighted by Crippen LogP contribution is -2.30. The fraction of sp³-hybridized carbons (Fsp3) is 0.696. The number of nitrogen functional groups attached to an aromatic ring is 1. The molecule has 2 N–H and O–H groups in total. The molecule has 0 saturated carbocycles. The number of alkyl halides is 2. The number of carbonyl (C=O) groups is 2. The number of carbonyl (C=O) groups excluding carboxylic acids is 2. The lowest BCUT2D eigenvalue weighted by atomic mass is 10.0.